The van der Waals surface area contributed by atoms with Gasteiger partial charge in [0.15, 0.2) is 0 Å². The second-order valence-corrected chi connectivity index (χ2v) is 8.74. The Morgan fingerprint density at radius 3 is 1.28 bits per heavy atom. The van der Waals surface area contributed by atoms with Crippen LogP contribution in [0.1, 0.15) is 0 Å². The van der Waals surface area contributed by atoms with Crippen molar-refractivity contribution >= 4 is 92.2 Å². The van der Waals surface area contributed by atoms with E-state index in [1.807, 2.05) is 12.1 Å². The van der Waals surface area contributed by atoms with E-state index >= 15 is 0 Å². The van der Waals surface area contributed by atoms with Crippen molar-refractivity contribution in [1.29, 1.82) is 0 Å². The van der Waals surface area contributed by atoms with E-state index in [-0.39, 0.29) is 0 Å². The Hall–Kier alpha value is 0.0600. The van der Waals surface area contributed by atoms with Gasteiger partial charge in [-0.05, 0) is 59.0 Å². The number of hydrogen-bond acceptors (Lipinski definition) is 1. The average Bonchev–Trinajstić information content (AvgIpc) is 2.53. The Morgan fingerprint density at radius 1 is 0.520 bits per heavy atom. The number of rotatable bonds is 2. The molecule has 0 radical (unpaired) electrons. The maximum atomic E-state index is 6.31. The molecule has 0 N–H and O–H groups in total. The first kappa shape index (κ1) is 19.8. The highest BCUT2D eigenvalue weighted by atomic mass is 127. The molecule has 0 unspecified atom stereocenters. The lowest BCUT2D eigenvalue weighted by molar-refractivity contribution is 1.31. The zero-order chi connectivity index (χ0) is 18.3. The molecule has 0 bridgehead atoms. The summed E-state index contributed by atoms with van der Waals surface area (Å²) in [4.78, 5) is 4.66. The molecule has 0 aliphatic rings. The Balaban J connectivity index is 2.21. The largest absolute Gasteiger partial charge is 0.248 e. The highest BCUT2D eigenvalue weighted by Gasteiger charge is 2.14. The van der Waals surface area contributed by atoms with Gasteiger partial charge in [0.25, 0.3) is 0 Å². The highest BCUT2D eigenvalue weighted by Crippen LogP contribution is 2.38. The molecule has 128 valence electrons. The van der Waals surface area contributed by atoms with Crippen LogP contribution in [-0.2, 0) is 0 Å². The topological polar surface area (TPSA) is 12.9 Å². The van der Waals surface area contributed by atoms with E-state index in [0.717, 1.165) is 3.57 Å². The molecule has 0 aliphatic heterocycles. The monoisotopic (exact) mass is 561 g/mol. The van der Waals surface area contributed by atoms with Crippen LogP contribution in [0.2, 0.25) is 30.1 Å². The summed E-state index contributed by atoms with van der Waals surface area (Å²) in [7, 11) is 0. The predicted octanol–water partition coefficient (Wildman–Crippen LogP) is 8.94. The minimum Gasteiger partial charge on any atom is -0.248 e. The Bertz CT molecular complexity index is 914. The maximum Gasteiger partial charge on any atom is 0.0735 e. The number of nitrogens with zero attached hydrogens (tertiary/aromatic N) is 1. The summed E-state index contributed by atoms with van der Waals surface area (Å²) in [6, 6.07) is 10.3. The second kappa shape index (κ2) is 7.97. The van der Waals surface area contributed by atoms with E-state index in [2.05, 4.69) is 27.6 Å². The van der Waals surface area contributed by atoms with Crippen LogP contribution in [0.5, 0.6) is 0 Å². The van der Waals surface area contributed by atoms with Crippen LogP contribution < -0.4 is 0 Å². The number of halogens is 7. The zero-order valence-electron chi connectivity index (χ0n) is 12.1. The third kappa shape index (κ3) is 4.32. The summed E-state index contributed by atoms with van der Waals surface area (Å²) in [5, 5.41) is 2.47. The van der Waals surface area contributed by atoms with Gasteiger partial charge in [0.1, 0.15) is 0 Å². The molecule has 3 aromatic rings. The summed E-state index contributed by atoms with van der Waals surface area (Å²) >= 11 is 39.1. The zero-order valence-corrected chi connectivity index (χ0v) is 18.8. The van der Waals surface area contributed by atoms with Crippen molar-refractivity contribution in [3.05, 3.63) is 70.1 Å². The van der Waals surface area contributed by atoms with Crippen LogP contribution in [0, 0.1) is 3.57 Å². The fourth-order valence-electron chi connectivity index (χ4n) is 2.21. The molecule has 1 heterocycles. The lowest BCUT2D eigenvalue weighted by Crippen LogP contribution is -1.92. The molecule has 0 fully saturated rings. The number of pyridine rings is 1. The molecule has 1 nitrogen and oxygen atoms in total. The van der Waals surface area contributed by atoms with Crippen LogP contribution in [0.4, 0.5) is 0 Å². The van der Waals surface area contributed by atoms with Gasteiger partial charge in [-0.2, -0.15) is 0 Å². The lowest BCUT2D eigenvalue weighted by atomic mass is 10.1. The SMILES string of the molecule is Clc1cc(Cl)c(-c2cc(I)cc(-c3cc(Cl)c(Cl)cc3Cl)n2)cc1Cl. The molecule has 0 atom stereocenters. The third-order valence-electron chi connectivity index (χ3n) is 3.36. The van der Waals surface area contributed by atoms with Gasteiger partial charge >= 0.3 is 0 Å². The number of aromatic nitrogens is 1. The molecule has 8 heteroatoms. The van der Waals surface area contributed by atoms with E-state index in [1.165, 1.54) is 0 Å². The van der Waals surface area contributed by atoms with Gasteiger partial charge in [-0.1, -0.05) is 69.6 Å². The van der Waals surface area contributed by atoms with Gasteiger partial charge in [-0.3, -0.25) is 0 Å². The van der Waals surface area contributed by atoms with Gasteiger partial charge < -0.3 is 0 Å². The minimum atomic E-state index is 0.383. The van der Waals surface area contributed by atoms with Gasteiger partial charge in [-0.25, -0.2) is 4.98 Å². The van der Waals surface area contributed by atoms with E-state index < -0.39 is 0 Å². The van der Waals surface area contributed by atoms with Gasteiger partial charge in [0.05, 0.1) is 41.5 Å². The first-order valence-corrected chi connectivity index (χ1v) is 10.1. The van der Waals surface area contributed by atoms with Crippen molar-refractivity contribution in [3.8, 4) is 22.5 Å². The number of benzene rings is 2. The fraction of sp³-hybridized carbons (Fsp3) is 0. The Labute approximate surface area is 188 Å². The van der Waals surface area contributed by atoms with Crippen LogP contribution in [0.15, 0.2) is 36.4 Å². The molecule has 0 amide bonds. The van der Waals surface area contributed by atoms with E-state index in [9.17, 15) is 0 Å². The van der Waals surface area contributed by atoms with Gasteiger partial charge in [0.2, 0.25) is 0 Å². The predicted molar refractivity (Wildman–Crippen MR) is 118 cm³/mol. The average molecular weight is 564 g/mol. The van der Waals surface area contributed by atoms with Crippen molar-refractivity contribution < 1.29 is 0 Å². The summed E-state index contributed by atoms with van der Waals surface area (Å²) in [6.45, 7) is 0. The molecule has 0 saturated carbocycles. The summed E-state index contributed by atoms with van der Waals surface area (Å²) in [5.74, 6) is 0. The molecule has 0 aliphatic carbocycles. The van der Waals surface area contributed by atoms with E-state index in [1.54, 1.807) is 24.3 Å². The minimum absolute atomic E-state index is 0.383. The smallest absolute Gasteiger partial charge is 0.0735 e. The Kier molecular flexibility index (Phi) is 6.32. The van der Waals surface area contributed by atoms with Crippen LogP contribution in [0.3, 0.4) is 0 Å². The molecular weight excluding hydrogens is 558 g/mol. The molecule has 3 rings (SSSR count). The standard InChI is InChI=1S/C17H6Cl6IN/c18-10-5-14(22)12(20)3-8(10)16-1-7(24)2-17(25-16)9-4-13(21)15(23)6-11(9)19/h1-6H. The molecule has 0 saturated heterocycles. The third-order valence-corrected chi connectivity index (χ3v) is 6.05. The van der Waals surface area contributed by atoms with E-state index in [0.29, 0.717) is 52.7 Å². The van der Waals surface area contributed by atoms with Crippen molar-refractivity contribution in [1.82, 2.24) is 4.98 Å². The molecule has 25 heavy (non-hydrogen) atoms. The quantitative estimate of drug-likeness (QED) is 0.224. The molecule has 1 aromatic heterocycles. The van der Waals surface area contributed by atoms with Crippen molar-refractivity contribution in [2.45, 2.75) is 0 Å². The van der Waals surface area contributed by atoms with Crippen LogP contribution in [-0.4, -0.2) is 4.98 Å². The lowest BCUT2D eigenvalue weighted by Gasteiger charge is -2.11. The number of hydrogen-bond donors (Lipinski definition) is 0. The first-order valence-electron chi connectivity index (χ1n) is 6.73. The summed E-state index contributed by atoms with van der Waals surface area (Å²) in [6.07, 6.45) is 0. The molecule has 2 aromatic carbocycles. The van der Waals surface area contributed by atoms with Crippen molar-refractivity contribution in [2.75, 3.05) is 0 Å². The molecule has 0 spiro atoms. The van der Waals surface area contributed by atoms with Gasteiger partial charge in [-0.15, -0.1) is 0 Å². The Morgan fingerprint density at radius 2 is 0.880 bits per heavy atom. The maximum absolute atomic E-state index is 6.31. The fourth-order valence-corrected chi connectivity index (χ4v) is 4.09. The highest BCUT2D eigenvalue weighted by molar-refractivity contribution is 14.1. The normalized spacial score (nSPS) is 11.0. The second-order valence-electron chi connectivity index (χ2n) is 5.05. The van der Waals surface area contributed by atoms with Crippen LogP contribution in [0.25, 0.3) is 22.5 Å². The van der Waals surface area contributed by atoms with Crippen LogP contribution >= 0.6 is 92.2 Å². The van der Waals surface area contributed by atoms with Gasteiger partial charge in [0, 0.05) is 14.7 Å². The first-order chi connectivity index (χ1) is 11.8. The van der Waals surface area contributed by atoms with Crippen molar-refractivity contribution in [2.24, 2.45) is 0 Å². The van der Waals surface area contributed by atoms with E-state index in [4.69, 9.17) is 69.6 Å². The summed E-state index contributed by atoms with van der Waals surface area (Å²) < 4.78 is 0.946. The summed E-state index contributed by atoms with van der Waals surface area (Å²) in [5.41, 5.74) is 2.64. The van der Waals surface area contributed by atoms with Crippen molar-refractivity contribution in [3.63, 3.8) is 0 Å². The molecular formula is C17H6Cl6IN.